The van der Waals surface area contributed by atoms with Gasteiger partial charge in [0.1, 0.15) is 29.7 Å². The lowest BCUT2D eigenvalue weighted by molar-refractivity contribution is -0.138. The lowest BCUT2D eigenvalue weighted by atomic mass is 10.1. The Bertz CT molecular complexity index is 1030. The molecule has 3 rings (SSSR count). The molecule has 2 unspecified atom stereocenters. The Morgan fingerprint density at radius 1 is 1.09 bits per heavy atom. The fraction of sp³-hybridized carbons (Fsp3) is 0.400. The minimum atomic E-state index is -4.73. The van der Waals surface area contributed by atoms with Crippen molar-refractivity contribution in [2.75, 3.05) is 7.11 Å². The van der Waals surface area contributed by atoms with Crippen LogP contribution in [0.15, 0.2) is 35.5 Å². The molecule has 0 radical (unpaired) electrons. The van der Waals surface area contributed by atoms with Crippen LogP contribution in [0.4, 0.5) is 30.7 Å². The van der Waals surface area contributed by atoms with Gasteiger partial charge in [-0.25, -0.2) is 4.39 Å². The Balaban J connectivity index is 1.72. The first-order chi connectivity index (χ1) is 15.4. The summed E-state index contributed by atoms with van der Waals surface area (Å²) in [7, 11) is 1.33. The number of aliphatic imine (C=N–C) groups is 1. The molecule has 1 aliphatic rings. The van der Waals surface area contributed by atoms with Crippen LogP contribution >= 0.6 is 11.6 Å². The largest absolute Gasteiger partial charge is 0.493 e. The van der Waals surface area contributed by atoms with E-state index in [1.807, 2.05) is 0 Å². The highest BCUT2D eigenvalue weighted by atomic mass is 35.5. The third-order valence-corrected chi connectivity index (χ3v) is 5.01. The second-order valence-corrected chi connectivity index (χ2v) is 7.50. The fourth-order valence-electron chi connectivity index (χ4n) is 3.01. The van der Waals surface area contributed by atoms with Crippen LogP contribution < -0.4 is 14.8 Å². The highest BCUT2D eigenvalue weighted by Crippen LogP contribution is 2.36. The van der Waals surface area contributed by atoms with E-state index in [0.717, 1.165) is 0 Å². The Morgan fingerprint density at radius 2 is 1.82 bits per heavy atom. The van der Waals surface area contributed by atoms with Crippen molar-refractivity contribution in [1.29, 1.82) is 0 Å². The molecule has 2 atom stereocenters. The number of pyridine rings is 1. The van der Waals surface area contributed by atoms with Crippen molar-refractivity contribution >= 4 is 17.4 Å². The zero-order chi connectivity index (χ0) is 24.4. The molecule has 1 aromatic heterocycles. The van der Waals surface area contributed by atoms with E-state index in [1.165, 1.54) is 19.2 Å². The molecule has 1 N–H and O–H groups in total. The van der Waals surface area contributed by atoms with Gasteiger partial charge in [0, 0.05) is 12.6 Å². The zero-order valence-electron chi connectivity index (χ0n) is 16.9. The van der Waals surface area contributed by atoms with Gasteiger partial charge in [-0.3, -0.25) is 9.98 Å². The van der Waals surface area contributed by atoms with Gasteiger partial charge in [0.2, 0.25) is 0 Å². The predicted octanol–water partition coefficient (Wildman–Crippen LogP) is 5.78. The number of hydrogen-bond acceptors (Lipinski definition) is 5. The minimum Gasteiger partial charge on any atom is -0.493 e. The molecular weight excluding hydrogens is 483 g/mol. The van der Waals surface area contributed by atoms with Gasteiger partial charge in [-0.05, 0) is 23.8 Å². The van der Waals surface area contributed by atoms with Gasteiger partial charge >= 0.3 is 12.4 Å². The molecule has 5 nitrogen and oxygen atoms in total. The molecule has 0 bridgehead atoms. The van der Waals surface area contributed by atoms with E-state index in [1.54, 1.807) is 6.07 Å². The molecule has 0 spiro atoms. The Morgan fingerprint density at radius 3 is 2.42 bits per heavy atom. The van der Waals surface area contributed by atoms with Gasteiger partial charge in [-0.15, -0.1) is 0 Å². The van der Waals surface area contributed by atoms with Crippen LogP contribution in [0.2, 0.25) is 0 Å². The summed E-state index contributed by atoms with van der Waals surface area (Å²) in [5, 5.41) is 2.71. The van der Waals surface area contributed by atoms with E-state index >= 15 is 0 Å². The number of rotatable bonds is 7. The van der Waals surface area contributed by atoms with Crippen molar-refractivity contribution in [3.63, 3.8) is 0 Å². The summed E-state index contributed by atoms with van der Waals surface area (Å²) in [5.41, 5.74) is -1.82. The van der Waals surface area contributed by atoms with Crippen molar-refractivity contribution in [3.05, 3.63) is 53.1 Å². The normalized spacial score (nSPS) is 18.6. The molecule has 0 saturated carbocycles. The first-order valence-corrected chi connectivity index (χ1v) is 9.87. The van der Waals surface area contributed by atoms with Crippen LogP contribution in [-0.4, -0.2) is 29.6 Å². The SMILES string of the molecule is COc1cc(C2N=C(CCC(F)(F)F)NC2Cl)ccc1OCc1ncc(C(F)(F)F)cc1F. The van der Waals surface area contributed by atoms with Gasteiger partial charge in [0.25, 0.3) is 0 Å². The van der Waals surface area contributed by atoms with Crippen LogP contribution in [0.5, 0.6) is 11.5 Å². The monoisotopic (exact) mass is 499 g/mol. The average molecular weight is 500 g/mol. The molecular formula is C20H17ClF7N3O2. The molecule has 13 heteroatoms. The molecule has 0 aliphatic carbocycles. The van der Waals surface area contributed by atoms with Crippen LogP contribution in [0.1, 0.15) is 35.7 Å². The minimum absolute atomic E-state index is 0.125. The third kappa shape index (κ3) is 6.40. The summed E-state index contributed by atoms with van der Waals surface area (Å²) in [4.78, 5) is 7.67. The number of amidine groups is 1. The number of nitrogens with zero attached hydrogens (tertiary/aromatic N) is 2. The summed E-state index contributed by atoms with van der Waals surface area (Å²) in [6.07, 6.45) is -9.93. The summed E-state index contributed by atoms with van der Waals surface area (Å²) in [6, 6.07) is 4.14. The van der Waals surface area contributed by atoms with Crippen LogP contribution in [0.25, 0.3) is 0 Å². The smallest absolute Gasteiger partial charge is 0.417 e. The summed E-state index contributed by atoms with van der Waals surface area (Å²) < 4.78 is 99.9. The van der Waals surface area contributed by atoms with Crippen molar-refractivity contribution in [2.45, 2.75) is 43.3 Å². The van der Waals surface area contributed by atoms with Gasteiger partial charge in [0.05, 0.1) is 24.9 Å². The average Bonchev–Trinajstić information content (AvgIpc) is 3.10. The highest BCUT2D eigenvalue weighted by Gasteiger charge is 2.33. The standard InChI is InChI=1S/C20H17ClF7N3O2/c1-32-15-6-10(17-18(21)31-16(30-17)4-5-19(23,24)25)2-3-14(15)33-9-13-12(22)7-11(8-29-13)20(26,27)28/h2-3,6-8,17-18H,4-5,9H2,1H3,(H,30,31). The second kappa shape index (κ2) is 9.62. The zero-order valence-corrected chi connectivity index (χ0v) is 17.7. The second-order valence-electron chi connectivity index (χ2n) is 7.03. The molecule has 1 aromatic carbocycles. The van der Waals surface area contributed by atoms with Crippen LogP contribution in [-0.2, 0) is 12.8 Å². The van der Waals surface area contributed by atoms with Crippen molar-refractivity contribution in [2.24, 2.45) is 4.99 Å². The predicted molar refractivity (Wildman–Crippen MR) is 105 cm³/mol. The van der Waals surface area contributed by atoms with E-state index in [0.29, 0.717) is 17.8 Å². The Labute approximate surface area is 188 Å². The van der Waals surface area contributed by atoms with Gasteiger partial charge in [-0.2, -0.15) is 26.3 Å². The number of halogens is 8. The molecule has 180 valence electrons. The summed E-state index contributed by atoms with van der Waals surface area (Å²) in [5.74, 6) is -0.730. The number of methoxy groups -OCH3 is 1. The quantitative estimate of drug-likeness (QED) is 0.298. The number of ether oxygens (including phenoxy) is 2. The maximum Gasteiger partial charge on any atom is 0.417 e. The third-order valence-electron chi connectivity index (χ3n) is 4.66. The summed E-state index contributed by atoms with van der Waals surface area (Å²) >= 11 is 6.19. The lowest BCUT2D eigenvalue weighted by Crippen LogP contribution is -2.27. The van der Waals surface area contributed by atoms with Crippen molar-refractivity contribution in [3.8, 4) is 11.5 Å². The van der Waals surface area contributed by atoms with Gasteiger partial charge in [0.15, 0.2) is 11.5 Å². The van der Waals surface area contributed by atoms with E-state index in [9.17, 15) is 30.7 Å². The Kier molecular flexibility index (Phi) is 7.25. The molecule has 2 heterocycles. The van der Waals surface area contributed by atoms with Crippen LogP contribution in [0.3, 0.4) is 0 Å². The first-order valence-electron chi connectivity index (χ1n) is 9.44. The van der Waals surface area contributed by atoms with E-state index in [4.69, 9.17) is 21.1 Å². The van der Waals surface area contributed by atoms with Crippen molar-refractivity contribution in [1.82, 2.24) is 10.3 Å². The van der Waals surface area contributed by atoms with Gasteiger partial charge in [-0.1, -0.05) is 17.7 Å². The lowest BCUT2D eigenvalue weighted by Gasteiger charge is -2.16. The van der Waals surface area contributed by atoms with Gasteiger partial charge < -0.3 is 14.8 Å². The fourth-order valence-corrected chi connectivity index (χ4v) is 3.34. The number of benzene rings is 1. The number of nitrogens with one attached hydrogen (secondary N) is 1. The first kappa shape index (κ1) is 24.9. The molecule has 2 aromatic rings. The molecule has 1 aliphatic heterocycles. The molecule has 0 saturated heterocycles. The summed E-state index contributed by atoms with van der Waals surface area (Å²) in [6.45, 7) is -0.470. The van der Waals surface area contributed by atoms with Crippen molar-refractivity contribution < 1.29 is 40.2 Å². The van der Waals surface area contributed by atoms with Crippen LogP contribution in [0, 0.1) is 5.82 Å². The topological polar surface area (TPSA) is 55.7 Å². The van der Waals surface area contributed by atoms with E-state index in [2.05, 4.69) is 15.3 Å². The number of aromatic nitrogens is 1. The molecule has 33 heavy (non-hydrogen) atoms. The molecule has 0 fully saturated rings. The Hall–Kier alpha value is -2.76. The maximum atomic E-state index is 14.0. The number of hydrogen-bond donors (Lipinski definition) is 1. The maximum absolute atomic E-state index is 14.0. The number of alkyl halides is 7. The highest BCUT2D eigenvalue weighted by molar-refractivity contribution is 6.22. The van der Waals surface area contributed by atoms with E-state index in [-0.39, 0.29) is 29.4 Å². The van der Waals surface area contributed by atoms with E-state index < -0.39 is 48.3 Å². The molecule has 0 amide bonds.